The molecular formula is C18H14F2N2OS2. The molecule has 128 valence electrons. The normalized spacial score (nSPS) is 11.0. The zero-order valence-corrected chi connectivity index (χ0v) is 14.6. The first-order valence-electron chi connectivity index (χ1n) is 7.43. The number of pyridine rings is 1. The number of anilines is 1. The van der Waals surface area contributed by atoms with Crippen molar-refractivity contribution < 1.29 is 13.6 Å². The van der Waals surface area contributed by atoms with Gasteiger partial charge in [0.05, 0.1) is 11.3 Å². The third-order valence-electron chi connectivity index (χ3n) is 3.33. The smallest absolute Gasteiger partial charge is 0.288 e. The molecule has 0 radical (unpaired) electrons. The van der Waals surface area contributed by atoms with Crippen LogP contribution in [0.15, 0.2) is 70.6 Å². The van der Waals surface area contributed by atoms with Crippen LogP contribution in [0, 0.1) is 0 Å². The van der Waals surface area contributed by atoms with Crippen LogP contribution in [0.4, 0.5) is 14.5 Å². The van der Waals surface area contributed by atoms with E-state index >= 15 is 0 Å². The summed E-state index contributed by atoms with van der Waals surface area (Å²) in [5, 5.41) is 3.78. The lowest BCUT2D eigenvalue weighted by molar-refractivity contribution is -0.113. The first-order valence-corrected chi connectivity index (χ1v) is 9.29. The van der Waals surface area contributed by atoms with E-state index in [1.165, 1.54) is 11.8 Å². The van der Waals surface area contributed by atoms with Gasteiger partial charge in [-0.05, 0) is 36.4 Å². The Kier molecular flexibility index (Phi) is 5.88. The highest BCUT2D eigenvalue weighted by molar-refractivity contribution is 8.00. The van der Waals surface area contributed by atoms with Crippen LogP contribution in [-0.4, -0.2) is 22.4 Å². The molecule has 7 heteroatoms. The van der Waals surface area contributed by atoms with Crippen molar-refractivity contribution in [3.63, 3.8) is 0 Å². The van der Waals surface area contributed by atoms with E-state index in [2.05, 4.69) is 10.3 Å². The van der Waals surface area contributed by atoms with Gasteiger partial charge in [-0.1, -0.05) is 30.0 Å². The largest absolute Gasteiger partial charge is 0.325 e. The molecule has 0 bridgehead atoms. The average Bonchev–Trinajstić information content (AvgIpc) is 2.61. The third-order valence-corrected chi connectivity index (χ3v) is 5.13. The van der Waals surface area contributed by atoms with Crippen LogP contribution in [0.1, 0.15) is 0 Å². The standard InChI is InChI=1S/C18H14F2N2OS2/c19-18(20)25-13-7-5-12(6-8-13)22-17(23)11-24-16-9-10-21-15-4-2-1-3-14(15)16/h1-10,18H,11H2,(H,22,23). The van der Waals surface area contributed by atoms with Gasteiger partial charge in [-0.25, -0.2) is 0 Å². The lowest BCUT2D eigenvalue weighted by Crippen LogP contribution is -2.13. The number of alkyl halides is 2. The maximum Gasteiger partial charge on any atom is 0.288 e. The molecule has 3 aromatic rings. The van der Waals surface area contributed by atoms with E-state index in [1.807, 2.05) is 30.3 Å². The Hall–Kier alpha value is -2.12. The van der Waals surface area contributed by atoms with E-state index in [4.69, 9.17) is 0 Å². The highest BCUT2D eigenvalue weighted by Crippen LogP contribution is 2.28. The molecular weight excluding hydrogens is 362 g/mol. The molecule has 3 rings (SSSR count). The molecule has 1 N–H and O–H groups in total. The van der Waals surface area contributed by atoms with Gasteiger partial charge in [-0.15, -0.1) is 11.8 Å². The summed E-state index contributed by atoms with van der Waals surface area (Å²) >= 11 is 1.91. The number of para-hydroxylation sites is 1. The molecule has 1 heterocycles. The molecule has 3 nitrogen and oxygen atoms in total. The number of nitrogens with zero attached hydrogens (tertiary/aromatic N) is 1. The minimum absolute atomic E-state index is 0.153. The lowest BCUT2D eigenvalue weighted by atomic mass is 10.2. The molecule has 0 fully saturated rings. The van der Waals surface area contributed by atoms with Gasteiger partial charge in [-0.2, -0.15) is 8.78 Å². The monoisotopic (exact) mass is 376 g/mol. The topological polar surface area (TPSA) is 42.0 Å². The number of halogens is 2. The zero-order chi connectivity index (χ0) is 17.6. The molecule has 1 aromatic heterocycles. The fourth-order valence-corrected chi connectivity index (χ4v) is 3.60. The summed E-state index contributed by atoms with van der Waals surface area (Å²) in [6.45, 7) is 0. The van der Waals surface area contributed by atoms with Crippen molar-refractivity contribution in [1.82, 2.24) is 4.98 Å². The number of amides is 1. The van der Waals surface area contributed by atoms with Crippen molar-refractivity contribution >= 4 is 46.0 Å². The SMILES string of the molecule is O=C(CSc1ccnc2ccccc12)Nc1ccc(SC(F)F)cc1. The fourth-order valence-electron chi connectivity index (χ4n) is 2.26. The number of nitrogens with one attached hydrogen (secondary N) is 1. The zero-order valence-electron chi connectivity index (χ0n) is 13.0. The number of benzene rings is 2. The third kappa shape index (κ3) is 4.93. The number of carbonyl (C=O) groups is 1. The van der Waals surface area contributed by atoms with Crippen molar-refractivity contribution in [3.8, 4) is 0 Å². The van der Waals surface area contributed by atoms with Gasteiger partial charge < -0.3 is 5.32 Å². The summed E-state index contributed by atoms with van der Waals surface area (Å²) in [5.41, 5.74) is 1.48. The van der Waals surface area contributed by atoms with Crippen LogP contribution in [0.5, 0.6) is 0 Å². The maximum atomic E-state index is 12.3. The molecule has 0 aliphatic carbocycles. The Morgan fingerprint density at radius 2 is 1.84 bits per heavy atom. The van der Waals surface area contributed by atoms with Gasteiger partial charge in [0.15, 0.2) is 0 Å². The van der Waals surface area contributed by atoms with Gasteiger partial charge >= 0.3 is 0 Å². The van der Waals surface area contributed by atoms with E-state index in [1.54, 1.807) is 30.5 Å². The molecule has 25 heavy (non-hydrogen) atoms. The number of aromatic nitrogens is 1. The highest BCUT2D eigenvalue weighted by atomic mass is 32.2. The first kappa shape index (κ1) is 17.7. The quantitative estimate of drug-likeness (QED) is 0.594. The van der Waals surface area contributed by atoms with E-state index in [0.717, 1.165) is 15.8 Å². The summed E-state index contributed by atoms with van der Waals surface area (Å²) in [6, 6.07) is 16.0. The number of hydrogen-bond acceptors (Lipinski definition) is 4. The second kappa shape index (κ2) is 8.31. The van der Waals surface area contributed by atoms with Crippen LogP contribution < -0.4 is 5.32 Å². The van der Waals surface area contributed by atoms with Gasteiger partial charge in [0.25, 0.3) is 5.76 Å². The van der Waals surface area contributed by atoms with Crippen LogP contribution in [0.3, 0.4) is 0 Å². The average molecular weight is 376 g/mol. The van der Waals surface area contributed by atoms with E-state index < -0.39 is 5.76 Å². The molecule has 0 saturated heterocycles. The van der Waals surface area contributed by atoms with Crippen molar-refractivity contribution in [2.24, 2.45) is 0 Å². The summed E-state index contributed by atoms with van der Waals surface area (Å²) in [4.78, 5) is 17.9. The van der Waals surface area contributed by atoms with Gasteiger partial charge in [-0.3, -0.25) is 9.78 Å². The van der Waals surface area contributed by atoms with Crippen molar-refractivity contribution in [2.75, 3.05) is 11.1 Å². The number of hydrogen-bond donors (Lipinski definition) is 1. The highest BCUT2D eigenvalue weighted by Gasteiger charge is 2.08. The Balaban J connectivity index is 1.59. The van der Waals surface area contributed by atoms with Gasteiger partial charge in [0.2, 0.25) is 5.91 Å². The molecule has 2 aromatic carbocycles. The van der Waals surface area contributed by atoms with E-state index in [-0.39, 0.29) is 11.7 Å². The van der Waals surface area contributed by atoms with Crippen LogP contribution in [0.2, 0.25) is 0 Å². The predicted octanol–water partition coefficient (Wildman–Crippen LogP) is 5.28. The van der Waals surface area contributed by atoms with Gasteiger partial charge in [0.1, 0.15) is 0 Å². The summed E-state index contributed by atoms with van der Waals surface area (Å²) in [7, 11) is 0. The molecule has 0 saturated carbocycles. The Morgan fingerprint density at radius 3 is 2.60 bits per heavy atom. The Morgan fingerprint density at radius 1 is 1.08 bits per heavy atom. The van der Waals surface area contributed by atoms with Crippen LogP contribution >= 0.6 is 23.5 Å². The number of fused-ring (bicyclic) bond motifs is 1. The van der Waals surface area contributed by atoms with Crippen LogP contribution in [0.25, 0.3) is 10.9 Å². The lowest BCUT2D eigenvalue weighted by Gasteiger charge is -2.08. The summed E-state index contributed by atoms with van der Waals surface area (Å²) in [6.07, 6.45) is 1.72. The van der Waals surface area contributed by atoms with Crippen molar-refractivity contribution in [1.29, 1.82) is 0 Å². The number of rotatable bonds is 6. The van der Waals surface area contributed by atoms with Gasteiger partial charge in [0, 0.05) is 27.1 Å². The summed E-state index contributed by atoms with van der Waals surface area (Å²) < 4.78 is 24.6. The van der Waals surface area contributed by atoms with E-state index in [9.17, 15) is 13.6 Å². The number of carbonyl (C=O) groups excluding carboxylic acids is 1. The second-order valence-electron chi connectivity index (χ2n) is 5.07. The molecule has 0 spiro atoms. The molecule has 1 amide bonds. The minimum atomic E-state index is -2.45. The first-order chi connectivity index (χ1) is 12.1. The van der Waals surface area contributed by atoms with Crippen molar-refractivity contribution in [2.45, 2.75) is 15.5 Å². The second-order valence-corrected chi connectivity index (χ2v) is 7.15. The number of thioether (sulfide) groups is 2. The molecule has 0 unspecified atom stereocenters. The molecule has 0 atom stereocenters. The Labute approximate surface area is 152 Å². The Bertz CT molecular complexity index is 867. The van der Waals surface area contributed by atoms with E-state index in [0.29, 0.717) is 22.3 Å². The fraction of sp³-hybridized carbons (Fsp3) is 0.111. The molecule has 0 aliphatic rings. The molecule has 0 aliphatic heterocycles. The van der Waals surface area contributed by atoms with Crippen LogP contribution in [-0.2, 0) is 4.79 Å². The van der Waals surface area contributed by atoms with Crippen molar-refractivity contribution in [3.05, 3.63) is 60.8 Å². The maximum absolute atomic E-state index is 12.3. The summed E-state index contributed by atoms with van der Waals surface area (Å²) in [5.74, 6) is -2.35. The predicted molar refractivity (Wildman–Crippen MR) is 99.4 cm³/mol. The minimum Gasteiger partial charge on any atom is -0.325 e.